The van der Waals surface area contributed by atoms with Crippen molar-refractivity contribution in [1.82, 2.24) is 30.2 Å². The molecule has 28 heavy (non-hydrogen) atoms. The Hall–Kier alpha value is -1.77. The third kappa shape index (κ3) is 5.18. The van der Waals surface area contributed by atoms with E-state index in [1.54, 1.807) is 12.3 Å². The molecular formula is C17H19Cl4N7. The van der Waals surface area contributed by atoms with E-state index in [0.717, 1.165) is 48.2 Å². The summed E-state index contributed by atoms with van der Waals surface area (Å²) in [6.07, 6.45) is 4.15. The van der Waals surface area contributed by atoms with Crippen LogP contribution in [0.3, 0.4) is 0 Å². The predicted molar refractivity (Wildman–Crippen MR) is 119 cm³/mol. The molecule has 3 aromatic heterocycles. The average molecular weight is 463 g/mol. The minimum Gasteiger partial charge on any atom is -0.357 e. The number of fused-ring (bicyclic) bond motifs is 2. The molecule has 7 nitrogen and oxygen atoms in total. The van der Waals surface area contributed by atoms with Gasteiger partial charge in [-0.3, -0.25) is 0 Å². The van der Waals surface area contributed by atoms with Gasteiger partial charge in [0.15, 0.2) is 5.65 Å². The van der Waals surface area contributed by atoms with E-state index in [-0.39, 0.29) is 24.8 Å². The maximum absolute atomic E-state index is 6.22. The molecule has 0 saturated heterocycles. The van der Waals surface area contributed by atoms with Gasteiger partial charge in [-0.25, -0.2) is 9.97 Å². The van der Waals surface area contributed by atoms with E-state index in [9.17, 15) is 0 Å². The van der Waals surface area contributed by atoms with Gasteiger partial charge in [-0.1, -0.05) is 23.2 Å². The van der Waals surface area contributed by atoms with E-state index in [0.29, 0.717) is 21.6 Å². The van der Waals surface area contributed by atoms with Crippen molar-refractivity contribution in [1.29, 1.82) is 0 Å². The number of hydrogen-bond acceptors (Lipinski definition) is 5. The summed E-state index contributed by atoms with van der Waals surface area (Å²) in [6.45, 7) is 2.41. The van der Waals surface area contributed by atoms with Gasteiger partial charge in [0.2, 0.25) is 5.95 Å². The van der Waals surface area contributed by atoms with Crippen molar-refractivity contribution in [3.8, 4) is 0 Å². The van der Waals surface area contributed by atoms with Crippen LogP contribution >= 0.6 is 48.0 Å². The van der Waals surface area contributed by atoms with Gasteiger partial charge in [-0.05, 0) is 31.2 Å². The normalized spacial score (nSPS) is 10.6. The van der Waals surface area contributed by atoms with Crippen molar-refractivity contribution < 1.29 is 0 Å². The highest BCUT2D eigenvalue weighted by atomic mass is 35.5. The van der Waals surface area contributed by atoms with Crippen LogP contribution in [0.5, 0.6) is 0 Å². The van der Waals surface area contributed by atoms with Crippen LogP contribution in [-0.4, -0.2) is 38.0 Å². The number of imidazole rings is 1. The van der Waals surface area contributed by atoms with Gasteiger partial charge in [0.25, 0.3) is 0 Å². The van der Waals surface area contributed by atoms with Crippen molar-refractivity contribution in [2.24, 2.45) is 0 Å². The Bertz CT molecular complexity index is 1010. The number of H-pyrrole nitrogens is 2. The number of nitrogens with one attached hydrogen (secondary N) is 4. The summed E-state index contributed by atoms with van der Waals surface area (Å²) < 4.78 is 0. The number of nitrogens with zero attached hydrogens (tertiary/aromatic N) is 3. The molecule has 0 aliphatic carbocycles. The largest absolute Gasteiger partial charge is 0.357 e. The number of halogens is 4. The number of hydrogen-bond donors (Lipinski definition) is 4. The number of benzene rings is 1. The lowest BCUT2D eigenvalue weighted by Gasteiger charge is -2.04. The van der Waals surface area contributed by atoms with E-state index < -0.39 is 0 Å². The Morgan fingerprint density at radius 2 is 1.86 bits per heavy atom. The molecule has 0 amide bonds. The van der Waals surface area contributed by atoms with E-state index >= 15 is 0 Å². The molecule has 0 radical (unpaired) electrons. The first-order valence-corrected chi connectivity index (χ1v) is 9.01. The molecule has 0 atom stereocenters. The number of aromatic nitrogens is 5. The van der Waals surface area contributed by atoms with Crippen LogP contribution in [-0.2, 0) is 6.54 Å². The molecule has 0 bridgehead atoms. The fourth-order valence-corrected chi connectivity index (χ4v) is 3.35. The average Bonchev–Trinajstić information content (AvgIpc) is 3.21. The first-order valence-electron chi connectivity index (χ1n) is 8.26. The maximum Gasteiger partial charge on any atom is 0.202 e. The fraction of sp³-hybridized carbons (Fsp3) is 0.235. The summed E-state index contributed by atoms with van der Waals surface area (Å²) in [5.41, 5.74) is 3.52. The van der Waals surface area contributed by atoms with Gasteiger partial charge in [-0.2, -0.15) is 4.98 Å². The van der Waals surface area contributed by atoms with Crippen LogP contribution in [0.25, 0.3) is 22.1 Å². The Balaban J connectivity index is 0.00000140. The van der Waals surface area contributed by atoms with Crippen LogP contribution in [0.15, 0.2) is 30.7 Å². The minimum atomic E-state index is 0. The molecule has 0 unspecified atom stereocenters. The van der Waals surface area contributed by atoms with Gasteiger partial charge in [0.1, 0.15) is 11.8 Å². The highest BCUT2D eigenvalue weighted by Gasteiger charge is 2.06. The van der Waals surface area contributed by atoms with Gasteiger partial charge >= 0.3 is 0 Å². The topological polar surface area (TPSA) is 94.3 Å². The van der Waals surface area contributed by atoms with Crippen LogP contribution in [0.4, 0.5) is 5.95 Å². The van der Waals surface area contributed by atoms with Crippen LogP contribution < -0.4 is 10.6 Å². The van der Waals surface area contributed by atoms with E-state index in [2.05, 4.69) is 41.6 Å². The summed E-state index contributed by atoms with van der Waals surface area (Å²) in [5, 5.41) is 8.94. The van der Waals surface area contributed by atoms with Crippen LogP contribution in [0, 0.1) is 0 Å². The molecule has 0 spiro atoms. The van der Waals surface area contributed by atoms with Gasteiger partial charge in [0.05, 0.1) is 11.2 Å². The summed E-state index contributed by atoms with van der Waals surface area (Å²) in [6, 6.07) is 5.69. The van der Waals surface area contributed by atoms with Gasteiger partial charge in [0, 0.05) is 34.7 Å². The molecule has 3 heterocycles. The summed E-state index contributed by atoms with van der Waals surface area (Å²) in [4.78, 5) is 18.9. The summed E-state index contributed by atoms with van der Waals surface area (Å²) >= 11 is 12.2. The summed E-state index contributed by atoms with van der Waals surface area (Å²) in [5.74, 6) is 0.711. The Morgan fingerprint density at radius 3 is 2.68 bits per heavy atom. The molecule has 1 aromatic carbocycles. The lowest BCUT2D eigenvalue weighted by Crippen LogP contribution is -2.18. The van der Waals surface area contributed by atoms with Gasteiger partial charge in [-0.15, -0.1) is 24.8 Å². The Morgan fingerprint density at radius 1 is 1.00 bits per heavy atom. The lowest BCUT2D eigenvalue weighted by atomic mass is 10.2. The second-order valence-electron chi connectivity index (χ2n) is 5.95. The van der Waals surface area contributed by atoms with Crippen molar-refractivity contribution in [3.63, 3.8) is 0 Å². The van der Waals surface area contributed by atoms with E-state index in [4.69, 9.17) is 23.2 Å². The number of anilines is 1. The maximum atomic E-state index is 6.22. The molecular weight excluding hydrogens is 444 g/mol. The van der Waals surface area contributed by atoms with Crippen LogP contribution in [0.2, 0.25) is 10.0 Å². The van der Waals surface area contributed by atoms with Gasteiger partial charge < -0.3 is 20.6 Å². The molecule has 4 rings (SSSR count). The van der Waals surface area contributed by atoms with Crippen molar-refractivity contribution in [3.05, 3.63) is 46.5 Å². The molecule has 11 heteroatoms. The minimum absolute atomic E-state index is 0. The lowest BCUT2D eigenvalue weighted by molar-refractivity contribution is 0.655. The fourth-order valence-electron chi connectivity index (χ4n) is 2.80. The zero-order valence-electron chi connectivity index (χ0n) is 14.6. The predicted octanol–water partition coefficient (Wildman–Crippen LogP) is 4.58. The van der Waals surface area contributed by atoms with Crippen molar-refractivity contribution >= 4 is 76.0 Å². The van der Waals surface area contributed by atoms with Crippen molar-refractivity contribution in [2.45, 2.75) is 13.0 Å². The molecule has 0 aliphatic rings. The number of aromatic amines is 2. The quantitative estimate of drug-likeness (QED) is 0.301. The monoisotopic (exact) mass is 461 g/mol. The highest BCUT2D eigenvalue weighted by molar-refractivity contribution is 6.38. The third-order valence-corrected chi connectivity index (χ3v) is 4.54. The Kier molecular flexibility index (Phi) is 8.15. The first-order chi connectivity index (χ1) is 12.7. The molecule has 4 N–H and O–H groups in total. The smallest absolute Gasteiger partial charge is 0.202 e. The second kappa shape index (κ2) is 10.1. The van der Waals surface area contributed by atoms with E-state index in [1.807, 2.05) is 6.07 Å². The SMILES string of the molecule is Cl.Cl.Clc1cc(Cl)c2cc(CNCCCNc3nc4ncncc4[nH]3)[nH]c2c1. The summed E-state index contributed by atoms with van der Waals surface area (Å²) in [7, 11) is 0. The molecule has 150 valence electrons. The van der Waals surface area contributed by atoms with Crippen LogP contribution in [0.1, 0.15) is 12.1 Å². The molecule has 0 aliphatic heterocycles. The molecule has 0 fully saturated rings. The van der Waals surface area contributed by atoms with E-state index in [1.165, 1.54) is 6.33 Å². The zero-order valence-corrected chi connectivity index (χ0v) is 17.8. The highest BCUT2D eigenvalue weighted by Crippen LogP contribution is 2.28. The Labute approximate surface area is 183 Å². The first kappa shape index (κ1) is 22.5. The molecule has 4 aromatic rings. The second-order valence-corrected chi connectivity index (χ2v) is 6.79. The zero-order chi connectivity index (χ0) is 17.9. The third-order valence-electron chi connectivity index (χ3n) is 4.01. The van der Waals surface area contributed by atoms with Crippen molar-refractivity contribution in [2.75, 3.05) is 18.4 Å². The number of rotatable bonds is 7. The standard InChI is InChI=1S/C17H17Cl2N7.2ClH/c18-10-4-13(19)12-6-11(24-14(12)5-10)7-20-2-1-3-22-17-25-15-8-21-9-23-16(15)26-17;;/h4-6,8-9,20,24H,1-3,7H2,(H2,21,22,23,25,26);2*1H. The molecule has 0 saturated carbocycles.